The number of aryl methyl sites for hydroxylation is 2. The molecule has 1 unspecified atom stereocenters. The van der Waals surface area contributed by atoms with E-state index in [4.69, 9.17) is 27.7 Å². The first-order chi connectivity index (χ1) is 10.2. The lowest BCUT2D eigenvalue weighted by molar-refractivity contribution is 0.0595. The number of nitrogens with zero attached hydrogens (tertiary/aromatic N) is 1. The van der Waals surface area contributed by atoms with Gasteiger partial charge in [0, 0.05) is 18.8 Å². The minimum absolute atomic E-state index is 0.429. The predicted octanol–water partition coefficient (Wildman–Crippen LogP) is 2.43. The molecule has 0 aromatic carbocycles. The fourth-order valence-electron chi connectivity index (χ4n) is 3.17. The van der Waals surface area contributed by atoms with E-state index in [0.29, 0.717) is 10.9 Å². The van der Waals surface area contributed by atoms with E-state index in [-0.39, 0.29) is 0 Å². The molecular weight excluding hydrogens is 282 g/mol. The summed E-state index contributed by atoms with van der Waals surface area (Å²) < 4.78 is 5.53. The summed E-state index contributed by atoms with van der Waals surface area (Å²) in [4.78, 5) is 5.23. The number of hydrogen-bond acceptors (Lipinski definition) is 4. The quantitative estimate of drug-likeness (QED) is 0.837. The summed E-state index contributed by atoms with van der Waals surface area (Å²) >= 11 is 5.20. The molecule has 0 amide bonds. The predicted molar refractivity (Wildman–Crippen MR) is 88.8 cm³/mol. The topological polar surface area (TPSA) is 60.2 Å². The van der Waals surface area contributed by atoms with E-state index in [1.165, 1.54) is 30.5 Å². The van der Waals surface area contributed by atoms with E-state index in [1.807, 2.05) is 0 Å². The van der Waals surface area contributed by atoms with Gasteiger partial charge in [0.1, 0.15) is 10.8 Å². The van der Waals surface area contributed by atoms with E-state index < -0.39 is 0 Å². The van der Waals surface area contributed by atoms with Crippen molar-refractivity contribution >= 4 is 23.0 Å². The van der Waals surface area contributed by atoms with Crippen LogP contribution < -0.4 is 11.1 Å². The van der Waals surface area contributed by atoms with Gasteiger partial charge >= 0.3 is 0 Å². The number of nitrogens with two attached hydrogens (primary N) is 1. The smallest absolute Gasteiger partial charge is 0.136 e. The minimum Gasteiger partial charge on any atom is -0.389 e. The van der Waals surface area contributed by atoms with Crippen LogP contribution in [-0.4, -0.2) is 29.7 Å². The Kier molecular flexibility index (Phi) is 4.70. The highest BCUT2D eigenvalue weighted by Crippen LogP contribution is 2.25. The summed E-state index contributed by atoms with van der Waals surface area (Å²) in [5.41, 5.74) is 9.30. The molecule has 4 nitrogen and oxygen atoms in total. The number of nitrogens with one attached hydrogen (secondary N) is 1. The van der Waals surface area contributed by atoms with Gasteiger partial charge in [-0.1, -0.05) is 12.2 Å². The molecule has 0 bridgehead atoms. The number of fused-ring (bicyclic) bond motifs is 1. The molecule has 1 fully saturated rings. The molecule has 1 saturated heterocycles. The zero-order valence-corrected chi connectivity index (χ0v) is 13.2. The lowest BCUT2D eigenvalue weighted by Gasteiger charge is -2.24. The Balaban J connectivity index is 1.77. The average Bonchev–Trinajstić information content (AvgIpc) is 2.53. The number of rotatable bonds is 4. The first kappa shape index (κ1) is 14.7. The Morgan fingerprint density at radius 2 is 2.24 bits per heavy atom. The summed E-state index contributed by atoms with van der Waals surface area (Å²) in [5.74, 6) is 1.41. The summed E-state index contributed by atoms with van der Waals surface area (Å²) in [6, 6.07) is 2.14. The van der Waals surface area contributed by atoms with Crippen LogP contribution in [0.4, 0.5) is 5.82 Å². The molecule has 1 atom stereocenters. The maximum atomic E-state index is 5.88. The Labute approximate surface area is 131 Å². The van der Waals surface area contributed by atoms with Crippen molar-refractivity contribution in [2.75, 3.05) is 25.1 Å². The third-order valence-corrected chi connectivity index (χ3v) is 4.60. The second kappa shape index (κ2) is 6.71. The monoisotopic (exact) mass is 305 g/mol. The molecule has 0 radical (unpaired) electrons. The van der Waals surface area contributed by atoms with Gasteiger partial charge in [-0.05, 0) is 56.1 Å². The maximum Gasteiger partial charge on any atom is 0.136 e. The number of hydrogen-bond donors (Lipinski definition) is 2. The summed E-state index contributed by atoms with van der Waals surface area (Å²) in [7, 11) is 0. The Morgan fingerprint density at radius 3 is 3.00 bits per heavy atom. The standard InChI is InChI=1S/C16H23N3OS/c17-15(21)13-8-12-5-1-2-6-14(12)19-16(13)18-9-11-4-3-7-20-10-11/h8,11H,1-7,9-10H2,(H2,17,21)(H,18,19). The zero-order valence-electron chi connectivity index (χ0n) is 12.4. The molecule has 0 saturated carbocycles. The number of anilines is 1. The molecule has 0 spiro atoms. The van der Waals surface area contributed by atoms with Crippen molar-refractivity contribution in [3.63, 3.8) is 0 Å². The highest BCUT2D eigenvalue weighted by molar-refractivity contribution is 7.80. The van der Waals surface area contributed by atoms with Gasteiger partial charge in [0.25, 0.3) is 0 Å². The van der Waals surface area contributed by atoms with Crippen LogP contribution in [0.2, 0.25) is 0 Å². The minimum atomic E-state index is 0.429. The van der Waals surface area contributed by atoms with E-state index >= 15 is 0 Å². The summed E-state index contributed by atoms with van der Waals surface area (Å²) in [5, 5.41) is 3.46. The Hall–Kier alpha value is -1.20. The second-order valence-corrected chi connectivity index (χ2v) is 6.47. The molecule has 114 valence electrons. The van der Waals surface area contributed by atoms with Crippen LogP contribution >= 0.6 is 12.2 Å². The average molecular weight is 305 g/mol. The lowest BCUT2D eigenvalue weighted by atomic mass is 9.94. The fraction of sp³-hybridized carbons (Fsp3) is 0.625. The molecule has 21 heavy (non-hydrogen) atoms. The van der Waals surface area contributed by atoms with Crippen molar-refractivity contribution in [1.29, 1.82) is 0 Å². The third kappa shape index (κ3) is 3.52. The van der Waals surface area contributed by atoms with Crippen LogP contribution in [0.1, 0.15) is 42.5 Å². The lowest BCUT2D eigenvalue weighted by Crippen LogP contribution is -2.26. The van der Waals surface area contributed by atoms with Crippen LogP contribution in [0.3, 0.4) is 0 Å². The summed E-state index contributed by atoms with van der Waals surface area (Å²) in [6.07, 6.45) is 6.97. The molecular formula is C16H23N3OS. The molecule has 1 aromatic heterocycles. The molecule has 1 aromatic rings. The van der Waals surface area contributed by atoms with Gasteiger partial charge in [-0.25, -0.2) is 4.98 Å². The number of pyridine rings is 1. The van der Waals surface area contributed by atoms with Crippen LogP contribution in [0.15, 0.2) is 6.07 Å². The number of thiocarbonyl (C=S) groups is 1. The third-order valence-electron chi connectivity index (χ3n) is 4.38. The molecule has 3 rings (SSSR count). The van der Waals surface area contributed by atoms with Gasteiger partial charge in [-0.2, -0.15) is 0 Å². The van der Waals surface area contributed by atoms with E-state index in [0.717, 1.165) is 50.4 Å². The van der Waals surface area contributed by atoms with E-state index in [9.17, 15) is 0 Å². The van der Waals surface area contributed by atoms with Crippen molar-refractivity contribution in [2.24, 2.45) is 11.7 Å². The zero-order chi connectivity index (χ0) is 14.7. The highest BCUT2D eigenvalue weighted by Gasteiger charge is 2.18. The molecule has 1 aliphatic heterocycles. The highest BCUT2D eigenvalue weighted by atomic mass is 32.1. The van der Waals surface area contributed by atoms with Crippen molar-refractivity contribution in [2.45, 2.75) is 38.5 Å². The molecule has 5 heteroatoms. The first-order valence-electron chi connectivity index (χ1n) is 7.88. The molecule has 2 aliphatic rings. The Bertz CT molecular complexity index is 526. The number of aromatic nitrogens is 1. The second-order valence-electron chi connectivity index (χ2n) is 6.03. The van der Waals surface area contributed by atoms with Crippen molar-refractivity contribution < 1.29 is 4.74 Å². The SMILES string of the molecule is NC(=S)c1cc2c(nc1NCC1CCCOC1)CCCC2. The van der Waals surface area contributed by atoms with E-state index in [1.54, 1.807) is 0 Å². The van der Waals surface area contributed by atoms with Crippen molar-refractivity contribution in [3.8, 4) is 0 Å². The summed E-state index contributed by atoms with van der Waals surface area (Å²) in [6.45, 7) is 2.60. The van der Waals surface area contributed by atoms with Crippen molar-refractivity contribution in [3.05, 3.63) is 22.9 Å². The largest absolute Gasteiger partial charge is 0.389 e. The molecule has 3 N–H and O–H groups in total. The fourth-order valence-corrected chi connectivity index (χ4v) is 3.32. The Morgan fingerprint density at radius 1 is 1.38 bits per heavy atom. The van der Waals surface area contributed by atoms with Crippen LogP contribution in [0.25, 0.3) is 0 Å². The molecule has 2 heterocycles. The van der Waals surface area contributed by atoms with Gasteiger partial charge in [0.05, 0.1) is 12.2 Å². The van der Waals surface area contributed by atoms with Crippen LogP contribution in [0, 0.1) is 5.92 Å². The maximum absolute atomic E-state index is 5.88. The van der Waals surface area contributed by atoms with E-state index in [2.05, 4.69) is 11.4 Å². The first-order valence-corrected chi connectivity index (χ1v) is 8.29. The molecule has 1 aliphatic carbocycles. The van der Waals surface area contributed by atoms with Crippen molar-refractivity contribution in [1.82, 2.24) is 4.98 Å². The van der Waals surface area contributed by atoms with Gasteiger partial charge in [0.15, 0.2) is 0 Å². The van der Waals surface area contributed by atoms with Crippen LogP contribution in [0.5, 0.6) is 0 Å². The van der Waals surface area contributed by atoms with Crippen LogP contribution in [-0.2, 0) is 17.6 Å². The van der Waals surface area contributed by atoms with Gasteiger partial charge in [-0.3, -0.25) is 0 Å². The normalized spacial score (nSPS) is 21.6. The number of ether oxygens (including phenoxy) is 1. The van der Waals surface area contributed by atoms with Gasteiger partial charge in [0.2, 0.25) is 0 Å². The van der Waals surface area contributed by atoms with Gasteiger partial charge in [-0.15, -0.1) is 0 Å². The van der Waals surface area contributed by atoms with Gasteiger partial charge < -0.3 is 15.8 Å².